The van der Waals surface area contributed by atoms with Crippen LogP contribution in [-0.4, -0.2) is 53.6 Å². The number of halogens is 1. The van der Waals surface area contributed by atoms with Gasteiger partial charge in [-0.2, -0.15) is 0 Å². The molecule has 2 aromatic carbocycles. The van der Waals surface area contributed by atoms with E-state index in [4.69, 9.17) is 11.6 Å². The van der Waals surface area contributed by atoms with Gasteiger partial charge in [-0.3, -0.25) is 19.3 Å². The van der Waals surface area contributed by atoms with Gasteiger partial charge in [0.05, 0.1) is 13.1 Å². The van der Waals surface area contributed by atoms with E-state index in [9.17, 15) is 14.4 Å². The molecule has 0 radical (unpaired) electrons. The standard InChI is InChI=1S/C29H35N3O3.C3H5Cl/c1-4-21(3)17-30-19-25-13-12-24(27(33)5-2)16-26(25)32(28(34)20-30)18-22-8-10-23(11-9-22)29(35)31-14-6-7-15-31;1-2-3-4/h4,8-13,16,21H,1,5-7,14-15,17-20H2,2-3H3;2-3H,1H3/b;3-2+. The lowest BCUT2D eigenvalue weighted by Crippen LogP contribution is -2.38. The van der Waals surface area contributed by atoms with Crippen LogP contribution in [0.3, 0.4) is 0 Å². The monoisotopic (exact) mass is 549 g/mol. The Morgan fingerprint density at radius 1 is 1.05 bits per heavy atom. The van der Waals surface area contributed by atoms with E-state index >= 15 is 0 Å². The van der Waals surface area contributed by atoms with Crippen LogP contribution < -0.4 is 4.90 Å². The summed E-state index contributed by atoms with van der Waals surface area (Å²) in [6.07, 6.45) is 6.21. The highest BCUT2D eigenvalue weighted by atomic mass is 35.5. The molecule has 2 heterocycles. The normalized spacial score (nSPS) is 16.4. The number of Topliss-reactive ketones (excluding diaryl/α,β-unsaturated/α-hetero) is 1. The minimum absolute atomic E-state index is 0.00155. The molecular weight excluding hydrogens is 510 g/mol. The van der Waals surface area contributed by atoms with E-state index in [2.05, 4.69) is 18.4 Å². The topological polar surface area (TPSA) is 60.9 Å². The van der Waals surface area contributed by atoms with Gasteiger partial charge in [0.25, 0.3) is 5.91 Å². The van der Waals surface area contributed by atoms with Crippen LogP contribution in [-0.2, 0) is 17.9 Å². The number of allylic oxidation sites excluding steroid dienone is 1. The van der Waals surface area contributed by atoms with Crippen molar-refractivity contribution in [2.24, 2.45) is 5.92 Å². The van der Waals surface area contributed by atoms with Crippen LogP contribution in [0.5, 0.6) is 0 Å². The van der Waals surface area contributed by atoms with Crippen molar-refractivity contribution in [3.63, 3.8) is 0 Å². The van der Waals surface area contributed by atoms with Crippen molar-refractivity contribution < 1.29 is 14.4 Å². The third kappa shape index (κ3) is 8.13. The van der Waals surface area contributed by atoms with Crippen LogP contribution >= 0.6 is 11.6 Å². The molecule has 2 aliphatic rings. The van der Waals surface area contributed by atoms with Gasteiger partial charge in [0.15, 0.2) is 5.78 Å². The van der Waals surface area contributed by atoms with Gasteiger partial charge in [-0.05, 0) is 60.5 Å². The third-order valence-corrected chi connectivity index (χ3v) is 7.33. The lowest BCUT2D eigenvalue weighted by molar-refractivity contribution is -0.119. The number of benzene rings is 2. The number of fused-ring (bicyclic) bond motifs is 1. The number of nitrogens with zero attached hydrogens (tertiary/aromatic N) is 3. The van der Waals surface area contributed by atoms with Gasteiger partial charge in [0.2, 0.25) is 5.91 Å². The summed E-state index contributed by atoms with van der Waals surface area (Å²) in [4.78, 5) is 44.4. The van der Waals surface area contributed by atoms with Gasteiger partial charge < -0.3 is 9.80 Å². The molecule has 1 fully saturated rings. The average Bonchev–Trinajstić information content (AvgIpc) is 3.47. The Labute approximate surface area is 237 Å². The van der Waals surface area contributed by atoms with Crippen LogP contribution in [0.4, 0.5) is 5.69 Å². The summed E-state index contributed by atoms with van der Waals surface area (Å²) in [5, 5.41) is 0. The van der Waals surface area contributed by atoms with Gasteiger partial charge in [-0.1, -0.05) is 61.9 Å². The first-order valence-corrected chi connectivity index (χ1v) is 14.2. The zero-order chi connectivity index (χ0) is 28.4. The van der Waals surface area contributed by atoms with Crippen molar-refractivity contribution in [1.82, 2.24) is 9.80 Å². The smallest absolute Gasteiger partial charge is 0.253 e. The number of rotatable bonds is 8. The quantitative estimate of drug-likeness (QED) is 0.280. The third-order valence-electron chi connectivity index (χ3n) is 7.08. The summed E-state index contributed by atoms with van der Waals surface area (Å²) in [5.74, 6) is 0.393. The summed E-state index contributed by atoms with van der Waals surface area (Å²) >= 11 is 5.01. The molecule has 1 atom stereocenters. The van der Waals surface area contributed by atoms with Gasteiger partial charge in [-0.15, -0.1) is 6.58 Å². The molecule has 4 rings (SSSR count). The Hall–Kier alpha value is -3.22. The zero-order valence-corrected chi connectivity index (χ0v) is 24.1. The lowest BCUT2D eigenvalue weighted by Gasteiger charge is -2.24. The molecule has 1 unspecified atom stereocenters. The largest absolute Gasteiger partial charge is 0.339 e. The highest BCUT2D eigenvalue weighted by Gasteiger charge is 2.28. The van der Waals surface area contributed by atoms with Crippen molar-refractivity contribution in [2.75, 3.05) is 31.1 Å². The van der Waals surface area contributed by atoms with Crippen molar-refractivity contribution in [3.8, 4) is 0 Å². The fraction of sp³-hybridized carbons (Fsp3) is 0.406. The number of ketones is 1. The van der Waals surface area contributed by atoms with E-state index in [1.54, 1.807) is 11.0 Å². The molecule has 0 N–H and O–H groups in total. The number of likely N-dealkylation sites (tertiary alicyclic amines) is 1. The fourth-order valence-corrected chi connectivity index (χ4v) is 4.86. The van der Waals surface area contributed by atoms with E-state index in [0.717, 1.165) is 49.3 Å². The minimum Gasteiger partial charge on any atom is -0.339 e. The Morgan fingerprint density at radius 3 is 2.28 bits per heavy atom. The molecule has 0 bridgehead atoms. The molecule has 2 aliphatic heterocycles. The molecule has 1 saturated heterocycles. The fourth-order valence-electron chi connectivity index (χ4n) is 4.86. The predicted molar refractivity (Wildman–Crippen MR) is 159 cm³/mol. The first-order chi connectivity index (χ1) is 18.8. The molecule has 0 spiro atoms. The van der Waals surface area contributed by atoms with Crippen LogP contribution in [0.25, 0.3) is 0 Å². The van der Waals surface area contributed by atoms with Crippen molar-refractivity contribution in [1.29, 1.82) is 0 Å². The number of anilines is 1. The number of hydrogen-bond donors (Lipinski definition) is 0. The Morgan fingerprint density at radius 2 is 1.69 bits per heavy atom. The van der Waals surface area contributed by atoms with Crippen molar-refractivity contribution >= 4 is 34.9 Å². The van der Waals surface area contributed by atoms with Gasteiger partial charge in [-0.25, -0.2) is 0 Å². The molecular formula is C32H40ClN3O3. The van der Waals surface area contributed by atoms with Crippen LogP contribution in [0, 0.1) is 5.92 Å². The molecule has 208 valence electrons. The van der Waals surface area contributed by atoms with Crippen LogP contribution in [0.2, 0.25) is 0 Å². The Kier molecular flexibility index (Phi) is 11.5. The second-order valence-electron chi connectivity index (χ2n) is 10.1. The summed E-state index contributed by atoms with van der Waals surface area (Å²) in [6, 6.07) is 13.3. The molecule has 0 aliphatic carbocycles. The first-order valence-electron chi connectivity index (χ1n) is 13.7. The number of carbonyl (C=O) groups excluding carboxylic acids is 3. The first kappa shape index (κ1) is 30.3. The molecule has 39 heavy (non-hydrogen) atoms. The van der Waals surface area contributed by atoms with E-state index in [1.807, 2.05) is 67.3 Å². The van der Waals surface area contributed by atoms with Crippen LogP contribution in [0.15, 0.2) is 66.7 Å². The number of amides is 2. The molecule has 0 aromatic heterocycles. The van der Waals surface area contributed by atoms with E-state index in [1.165, 1.54) is 5.54 Å². The summed E-state index contributed by atoms with van der Waals surface area (Å²) in [6.45, 7) is 13.4. The molecule has 0 saturated carbocycles. The molecule has 2 amide bonds. The highest BCUT2D eigenvalue weighted by molar-refractivity contribution is 6.25. The highest BCUT2D eigenvalue weighted by Crippen LogP contribution is 2.30. The van der Waals surface area contributed by atoms with Gasteiger partial charge in [0, 0.05) is 49.4 Å². The Balaban J connectivity index is 0.000000983. The maximum atomic E-state index is 13.5. The zero-order valence-electron chi connectivity index (χ0n) is 23.4. The second kappa shape index (κ2) is 14.8. The van der Waals surface area contributed by atoms with Crippen molar-refractivity contribution in [2.45, 2.75) is 53.1 Å². The molecule has 7 heteroatoms. The number of carbonyl (C=O) groups is 3. The molecule has 2 aromatic rings. The summed E-state index contributed by atoms with van der Waals surface area (Å²) in [5.41, 5.74) is 5.55. The summed E-state index contributed by atoms with van der Waals surface area (Å²) in [7, 11) is 0. The van der Waals surface area contributed by atoms with E-state index < -0.39 is 0 Å². The number of hydrogen-bond acceptors (Lipinski definition) is 4. The Bertz CT molecular complexity index is 1180. The van der Waals surface area contributed by atoms with Crippen LogP contribution in [0.1, 0.15) is 71.9 Å². The minimum atomic E-state index is -0.00155. The van der Waals surface area contributed by atoms with Crippen molar-refractivity contribution in [3.05, 3.63) is 89.0 Å². The SMILES string of the molecule is C/C=C/Cl.C=CC(C)CN1CC(=O)N(Cc2ccc(C(=O)N3CCCC3)cc2)c2cc(C(=O)CC)ccc2C1. The van der Waals surface area contributed by atoms with E-state index in [0.29, 0.717) is 37.2 Å². The lowest BCUT2D eigenvalue weighted by atomic mass is 10.0. The second-order valence-corrected chi connectivity index (χ2v) is 10.4. The summed E-state index contributed by atoms with van der Waals surface area (Å²) < 4.78 is 0. The maximum Gasteiger partial charge on any atom is 0.253 e. The average molecular weight is 550 g/mol. The molecule has 6 nitrogen and oxygen atoms in total. The van der Waals surface area contributed by atoms with Gasteiger partial charge >= 0.3 is 0 Å². The predicted octanol–water partition coefficient (Wildman–Crippen LogP) is 6.45. The van der Waals surface area contributed by atoms with Gasteiger partial charge in [0.1, 0.15) is 0 Å². The van der Waals surface area contributed by atoms with E-state index in [-0.39, 0.29) is 23.5 Å². The maximum absolute atomic E-state index is 13.5.